The van der Waals surface area contributed by atoms with Crippen LogP contribution in [0.3, 0.4) is 0 Å². The van der Waals surface area contributed by atoms with Crippen LogP contribution in [0.4, 0.5) is 0 Å². The second kappa shape index (κ2) is 8.39. The number of amides is 1. The number of hydrogen-bond donors (Lipinski definition) is 1. The second-order valence-corrected chi connectivity index (χ2v) is 6.12. The smallest absolute Gasteiger partial charge is 0.241 e. The number of nitrogens with one attached hydrogen (secondary N) is 1. The van der Waals surface area contributed by atoms with Crippen LogP contribution in [-0.4, -0.2) is 65.6 Å². The lowest BCUT2D eigenvalue weighted by atomic mass is 10.3. The fraction of sp³-hybridized carbons (Fsp3) is 0.500. The van der Waals surface area contributed by atoms with Gasteiger partial charge >= 0.3 is 0 Å². The molecular formula is C14H20ClN5O2S. The van der Waals surface area contributed by atoms with Crippen molar-refractivity contribution in [3.63, 3.8) is 0 Å². The van der Waals surface area contributed by atoms with Crippen molar-refractivity contribution in [2.24, 2.45) is 0 Å². The molecule has 126 valence electrons. The average molecular weight is 358 g/mol. The number of nitrogens with zero attached hydrogens (tertiary/aromatic N) is 4. The molecule has 3 rings (SSSR count). The largest absolute Gasteiger partial charge is 0.339 e. The molecule has 0 spiro atoms. The Balaban J connectivity index is 0.00000192. The summed E-state index contributed by atoms with van der Waals surface area (Å²) in [6.45, 7) is 4.16. The number of likely N-dealkylation sites (N-methyl/N-ethyl adjacent to an activating group) is 1. The van der Waals surface area contributed by atoms with Crippen molar-refractivity contribution in [3.8, 4) is 10.7 Å². The fourth-order valence-electron chi connectivity index (χ4n) is 2.43. The van der Waals surface area contributed by atoms with Crippen LogP contribution in [0.25, 0.3) is 10.7 Å². The molecule has 0 bridgehead atoms. The third-order valence-electron chi connectivity index (χ3n) is 3.62. The lowest BCUT2D eigenvalue weighted by Crippen LogP contribution is -2.50. The van der Waals surface area contributed by atoms with Gasteiger partial charge in [0.25, 0.3) is 0 Å². The Bertz CT molecular complexity index is 610. The number of carbonyl (C=O) groups excluding carboxylic acids is 1. The first-order valence-electron chi connectivity index (χ1n) is 7.27. The van der Waals surface area contributed by atoms with Gasteiger partial charge in [0.1, 0.15) is 0 Å². The van der Waals surface area contributed by atoms with Crippen LogP contribution in [0.5, 0.6) is 0 Å². The van der Waals surface area contributed by atoms with Gasteiger partial charge in [-0.2, -0.15) is 4.98 Å². The number of hydrogen-bond acceptors (Lipinski definition) is 7. The maximum absolute atomic E-state index is 11.8. The second-order valence-electron chi connectivity index (χ2n) is 5.18. The van der Waals surface area contributed by atoms with E-state index >= 15 is 0 Å². The number of thiophene rings is 1. The summed E-state index contributed by atoms with van der Waals surface area (Å²) in [6.07, 6.45) is 0. The Morgan fingerprint density at radius 1 is 1.39 bits per heavy atom. The first-order valence-corrected chi connectivity index (χ1v) is 8.15. The lowest BCUT2D eigenvalue weighted by Gasteiger charge is -2.33. The van der Waals surface area contributed by atoms with E-state index in [1.807, 2.05) is 22.4 Å². The normalized spacial score (nSPS) is 15.4. The lowest BCUT2D eigenvalue weighted by molar-refractivity contribution is -0.131. The zero-order chi connectivity index (χ0) is 15.4. The molecule has 2 aromatic rings. The minimum atomic E-state index is 0. The summed E-state index contributed by atoms with van der Waals surface area (Å²) in [5.41, 5.74) is 0. The van der Waals surface area contributed by atoms with Gasteiger partial charge in [-0.1, -0.05) is 11.2 Å². The van der Waals surface area contributed by atoms with Crippen molar-refractivity contribution >= 4 is 29.7 Å². The van der Waals surface area contributed by atoms with Gasteiger partial charge in [0.15, 0.2) is 0 Å². The van der Waals surface area contributed by atoms with Crippen molar-refractivity contribution in [2.45, 2.75) is 6.54 Å². The Morgan fingerprint density at radius 3 is 2.83 bits per heavy atom. The summed E-state index contributed by atoms with van der Waals surface area (Å²) < 4.78 is 5.32. The van der Waals surface area contributed by atoms with E-state index in [0.717, 1.165) is 31.1 Å². The Morgan fingerprint density at radius 2 is 2.17 bits per heavy atom. The van der Waals surface area contributed by atoms with Crippen LogP contribution < -0.4 is 5.32 Å². The summed E-state index contributed by atoms with van der Waals surface area (Å²) >= 11 is 1.59. The minimum Gasteiger partial charge on any atom is -0.339 e. The van der Waals surface area contributed by atoms with Crippen LogP contribution in [0.2, 0.25) is 0 Å². The van der Waals surface area contributed by atoms with Crippen LogP contribution in [-0.2, 0) is 11.3 Å². The van der Waals surface area contributed by atoms with E-state index in [1.165, 1.54) is 0 Å². The van der Waals surface area contributed by atoms with E-state index in [9.17, 15) is 4.79 Å². The highest BCUT2D eigenvalue weighted by Gasteiger charge is 2.22. The average Bonchev–Trinajstić information content (AvgIpc) is 3.19. The van der Waals surface area contributed by atoms with Crippen LogP contribution >= 0.6 is 23.7 Å². The van der Waals surface area contributed by atoms with Crippen LogP contribution in [0.1, 0.15) is 5.89 Å². The van der Waals surface area contributed by atoms with Crippen molar-refractivity contribution in [1.29, 1.82) is 0 Å². The van der Waals surface area contributed by atoms with Crippen molar-refractivity contribution in [3.05, 3.63) is 23.4 Å². The molecule has 1 amide bonds. The molecule has 1 N–H and O–H groups in total. The van der Waals surface area contributed by atoms with Gasteiger partial charge in [-0.3, -0.25) is 9.69 Å². The van der Waals surface area contributed by atoms with E-state index in [4.69, 9.17) is 4.52 Å². The van der Waals surface area contributed by atoms with Crippen molar-refractivity contribution in [2.75, 3.05) is 39.8 Å². The van der Waals surface area contributed by atoms with E-state index in [1.54, 1.807) is 18.4 Å². The maximum Gasteiger partial charge on any atom is 0.241 e. The van der Waals surface area contributed by atoms with Crippen molar-refractivity contribution < 1.29 is 9.32 Å². The Labute approximate surface area is 145 Å². The summed E-state index contributed by atoms with van der Waals surface area (Å²) in [5, 5.41) is 8.90. The highest BCUT2D eigenvalue weighted by atomic mass is 35.5. The van der Waals surface area contributed by atoms with Gasteiger partial charge in [-0.05, 0) is 18.5 Å². The molecule has 0 radical (unpaired) electrons. The molecule has 1 aliphatic rings. The Hall–Kier alpha value is -1.48. The third kappa shape index (κ3) is 4.51. The van der Waals surface area contributed by atoms with E-state index in [-0.39, 0.29) is 18.3 Å². The molecule has 0 atom stereocenters. The van der Waals surface area contributed by atoms with E-state index < -0.39 is 0 Å². The highest BCUT2D eigenvalue weighted by Crippen LogP contribution is 2.21. The number of aromatic nitrogens is 2. The first kappa shape index (κ1) is 17.9. The van der Waals surface area contributed by atoms with Gasteiger partial charge in [0.05, 0.1) is 18.0 Å². The molecule has 1 saturated heterocycles. The molecular weight excluding hydrogens is 338 g/mol. The molecule has 1 fully saturated rings. The van der Waals surface area contributed by atoms with Gasteiger partial charge in [-0.15, -0.1) is 23.7 Å². The van der Waals surface area contributed by atoms with E-state index in [2.05, 4.69) is 20.4 Å². The highest BCUT2D eigenvalue weighted by molar-refractivity contribution is 7.13. The first-order chi connectivity index (χ1) is 10.8. The number of piperazine rings is 1. The predicted molar refractivity (Wildman–Crippen MR) is 90.6 cm³/mol. The number of rotatable bonds is 5. The summed E-state index contributed by atoms with van der Waals surface area (Å²) in [4.78, 5) is 21.4. The molecule has 2 aromatic heterocycles. The molecule has 0 saturated carbocycles. The SMILES string of the molecule is CNCC(=O)N1CCN(Cc2nc(-c3cccs3)no2)CC1.Cl. The Kier molecular flexibility index (Phi) is 6.52. The monoisotopic (exact) mass is 357 g/mol. The van der Waals surface area contributed by atoms with E-state index in [0.29, 0.717) is 24.8 Å². The molecule has 3 heterocycles. The maximum atomic E-state index is 11.8. The van der Waals surface area contributed by atoms with Gasteiger partial charge in [0.2, 0.25) is 17.6 Å². The van der Waals surface area contributed by atoms with Crippen LogP contribution in [0.15, 0.2) is 22.0 Å². The molecule has 23 heavy (non-hydrogen) atoms. The topological polar surface area (TPSA) is 74.5 Å². The van der Waals surface area contributed by atoms with Crippen LogP contribution in [0, 0.1) is 0 Å². The minimum absolute atomic E-state index is 0. The quantitative estimate of drug-likeness (QED) is 0.863. The fourth-order valence-corrected chi connectivity index (χ4v) is 3.08. The van der Waals surface area contributed by atoms with Crippen molar-refractivity contribution in [1.82, 2.24) is 25.3 Å². The standard InChI is InChI=1S/C14H19N5O2S.ClH/c1-15-9-13(20)19-6-4-18(5-7-19)10-12-16-14(17-21-12)11-3-2-8-22-11;/h2-3,8,15H,4-7,9-10H2,1H3;1H. The molecule has 0 aromatic carbocycles. The summed E-state index contributed by atoms with van der Waals surface area (Å²) in [6, 6.07) is 3.95. The number of carbonyl (C=O) groups is 1. The molecule has 0 unspecified atom stereocenters. The predicted octanol–water partition coefficient (Wildman–Crippen LogP) is 1.08. The third-order valence-corrected chi connectivity index (χ3v) is 4.49. The molecule has 1 aliphatic heterocycles. The van der Waals surface area contributed by atoms with Gasteiger partial charge < -0.3 is 14.7 Å². The zero-order valence-corrected chi connectivity index (χ0v) is 14.5. The summed E-state index contributed by atoms with van der Waals surface area (Å²) in [5.74, 6) is 1.42. The zero-order valence-electron chi connectivity index (χ0n) is 12.9. The molecule has 0 aliphatic carbocycles. The molecule has 9 heteroatoms. The molecule has 7 nitrogen and oxygen atoms in total. The van der Waals surface area contributed by atoms with Gasteiger partial charge in [0, 0.05) is 26.2 Å². The summed E-state index contributed by atoms with van der Waals surface area (Å²) in [7, 11) is 1.79. The number of halogens is 1. The van der Waals surface area contributed by atoms with Gasteiger partial charge in [-0.25, -0.2) is 0 Å².